The summed E-state index contributed by atoms with van der Waals surface area (Å²) in [6.07, 6.45) is -1.05. The van der Waals surface area contributed by atoms with Crippen LogP contribution < -0.4 is 0 Å². The molecule has 2 rings (SSSR count). The molecule has 1 nitrogen and oxygen atoms in total. The third kappa shape index (κ3) is 1.94. The lowest BCUT2D eigenvalue weighted by atomic mass is 9.89. The van der Waals surface area contributed by atoms with Gasteiger partial charge in [-0.1, -0.05) is 43.1 Å². The largest absolute Gasteiger partial charge is 0.361 e. The zero-order chi connectivity index (χ0) is 11.9. The van der Waals surface area contributed by atoms with Gasteiger partial charge < -0.3 is 4.74 Å². The van der Waals surface area contributed by atoms with Gasteiger partial charge in [-0.15, -0.1) is 0 Å². The predicted octanol–water partition coefficient (Wildman–Crippen LogP) is 4.21. The van der Waals surface area contributed by atoms with Crippen LogP contribution in [-0.2, 0) is 10.3 Å². The lowest BCUT2D eigenvalue weighted by Gasteiger charge is -2.21. The highest BCUT2D eigenvalue weighted by molar-refractivity contribution is 6.35. The molecule has 1 heterocycles. The van der Waals surface area contributed by atoms with Crippen LogP contribution in [0.3, 0.4) is 0 Å². The van der Waals surface area contributed by atoms with E-state index in [1.807, 2.05) is 13.8 Å². The Kier molecular flexibility index (Phi) is 3.17. The molecule has 0 spiro atoms. The van der Waals surface area contributed by atoms with E-state index < -0.39 is 11.8 Å². The third-order valence-corrected chi connectivity index (χ3v) is 3.42. The Hall–Kier alpha value is -0.310. The monoisotopic (exact) mass is 262 g/mol. The molecule has 88 valence electrons. The van der Waals surface area contributed by atoms with E-state index in [1.54, 1.807) is 18.2 Å². The average Bonchev–Trinajstić information content (AvgIpc) is 2.97. The molecule has 0 N–H and O–H groups in total. The summed E-state index contributed by atoms with van der Waals surface area (Å²) < 4.78 is 19.4. The van der Waals surface area contributed by atoms with Gasteiger partial charge >= 0.3 is 0 Å². The molecule has 0 aromatic heterocycles. The Balaban J connectivity index is 2.37. The van der Waals surface area contributed by atoms with Crippen molar-refractivity contribution in [3.05, 3.63) is 33.8 Å². The van der Waals surface area contributed by atoms with Crippen LogP contribution in [0.5, 0.6) is 0 Å². The van der Waals surface area contributed by atoms with Crippen molar-refractivity contribution >= 4 is 23.2 Å². The third-order valence-electron chi connectivity index (χ3n) is 2.87. The van der Waals surface area contributed by atoms with Crippen molar-refractivity contribution in [3.8, 4) is 0 Å². The molecule has 16 heavy (non-hydrogen) atoms. The summed E-state index contributed by atoms with van der Waals surface area (Å²) in [6.45, 7) is 4.05. The lowest BCUT2D eigenvalue weighted by Crippen LogP contribution is -2.28. The fourth-order valence-electron chi connectivity index (χ4n) is 1.91. The fraction of sp³-hybridized carbons (Fsp3) is 0.500. The summed E-state index contributed by atoms with van der Waals surface area (Å²) in [4.78, 5) is 0. The van der Waals surface area contributed by atoms with Crippen molar-refractivity contribution in [3.63, 3.8) is 0 Å². The zero-order valence-corrected chi connectivity index (χ0v) is 10.6. The Morgan fingerprint density at radius 2 is 2.00 bits per heavy atom. The van der Waals surface area contributed by atoms with Gasteiger partial charge in [-0.3, -0.25) is 0 Å². The maximum atomic E-state index is 14.1. The van der Waals surface area contributed by atoms with Gasteiger partial charge in [0.15, 0.2) is 0 Å². The van der Waals surface area contributed by atoms with Crippen LogP contribution in [-0.4, -0.2) is 12.8 Å². The number of benzene rings is 1. The molecule has 1 fully saturated rings. The van der Waals surface area contributed by atoms with Gasteiger partial charge in [-0.2, -0.15) is 0 Å². The number of ether oxygens (including phenoxy) is 1. The first kappa shape index (κ1) is 12.2. The topological polar surface area (TPSA) is 12.5 Å². The van der Waals surface area contributed by atoms with Gasteiger partial charge in [0, 0.05) is 15.6 Å². The van der Waals surface area contributed by atoms with E-state index >= 15 is 0 Å². The minimum absolute atomic E-state index is 0.103. The summed E-state index contributed by atoms with van der Waals surface area (Å²) in [5.74, 6) is -0.103. The Morgan fingerprint density at radius 1 is 1.38 bits per heavy atom. The molecule has 1 aliphatic rings. The first-order valence-electron chi connectivity index (χ1n) is 5.21. The molecule has 2 unspecified atom stereocenters. The predicted molar refractivity (Wildman–Crippen MR) is 63.8 cm³/mol. The maximum Gasteiger partial charge on any atom is 0.149 e. The summed E-state index contributed by atoms with van der Waals surface area (Å²) >= 11 is 11.9. The molecular formula is C12H13Cl2FO. The molecule has 0 aliphatic carbocycles. The van der Waals surface area contributed by atoms with E-state index in [1.165, 1.54) is 0 Å². The number of halogens is 3. The first-order valence-corrected chi connectivity index (χ1v) is 5.96. The minimum Gasteiger partial charge on any atom is -0.361 e. The van der Waals surface area contributed by atoms with E-state index in [9.17, 15) is 4.39 Å². The smallest absolute Gasteiger partial charge is 0.149 e. The fourth-order valence-corrected chi connectivity index (χ4v) is 2.48. The minimum atomic E-state index is -1.05. The zero-order valence-electron chi connectivity index (χ0n) is 9.14. The quantitative estimate of drug-likeness (QED) is 0.744. The molecule has 0 bridgehead atoms. The van der Waals surface area contributed by atoms with Crippen molar-refractivity contribution in [1.29, 1.82) is 0 Å². The van der Waals surface area contributed by atoms with Crippen LogP contribution in [0.1, 0.15) is 19.4 Å². The molecule has 1 aromatic rings. The molecule has 2 atom stereocenters. The summed E-state index contributed by atoms with van der Waals surface area (Å²) in [5.41, 5.74) is -0.157. The number of alkyl halides is 1. The van der Waals surface area contributed by atoms with Gasteiger partial charge in [0.05, 0.1) is 6.61 Å². The van der Waals surface area contributed by atoms with Gasteiger partial charge in [0.25, 0.3) is 0 Å². The van der Waals surface area contributed by atoms with Crippen LogP contribution in [0.4, 0.5) is 4.39 Å². The van der Waals surface area contributed by atoms with Crippen molar-refractivity contribution in [2.45, 2.75) is 25.6 Å². The first-order chi connectivity index (χ1) is 7.47. The average molecular weight is 263 g/mol. The second kappa shape index (κ2) is 4.17. The standard InChI is InChI=1S/C12H13Cl2FO/c1-7(2)11(15)12(6-16-12)9-4-3-8(13)5-10(9)14/h3-5,7,11H,6H2,1-2H3. The Labute approximate surface area is 105 Å². The molecule has 0 saturated carbocycles. The second-order valence-electron chi connectivity index (χ2n) is 4.45. The van der Waals surface area contributed by atoms with Crippen LogP contribution in [0.2, 0.25) is 10.0 Å². The van der Waals surface area contributed by atoms with Crippen LogP contribution in [0.25, 0.3) is 0 Å². The van der Waals surface area contributed by atoms with E-state index in [-0.39, 0.29) is 5.92 Å². The molecule has 1 saturated heterocycles. The van der Waals surface area contributed by atoms with Crippen molar-refractivity contribution in [2.24, 2.45) is 5.92 Å². The number of hydrogen-bond acceptors (Lipinski definition) is 1. The van der Waals surface area contributed by atoms with Gasteiger partial charge in [-0.25, -0.2) is 4.39 Å². The second-order valence-corrected chi connectivity index (χ2v) is 5.29. The lowest BCUT2D eigenvalue weighted by molar-refractivity contribution is 0.120. The van der Waals surface area contributed by atoms with Crippen LogP contribution >= 0.6 is 23.2 Å². The maximum absolute atomic E-state index is 14.1. The molecule has 0 radical (unpaired) electrons. The van der Waals surface area contributed by atoms with Crippen LogP contribution in [0.15, 0.2) is 18.2 Å². The van der Waals surface area contributed by atoms with E-state index in [0.717, 1.165) is 0 Å². The Morgan fingerprint density at radius 3 is 2.44 bits per heavy atom. The van der Waals surface area contributed by atoms with Gasteiger partial charge in [0.2, 0.25) is 0 Å². The molecule has 4 heteroatoms. The van der Waals surface area contributed by atoms with Gasteiger partial charge in [0.1, 0.15) is 11.8 Å². The van der Waals surface area contributed by atoms with Crippen molar-refractivity contribution in [1.82, 2.24) is 0 Å². The molecule has 0 amide bonds. The van der Waals surface area contributed by atoms with Crippen molar-refractivity contribution in [2.75, 3.05) is 6.61 Å². The highest BCUT2D eigenvalue weighted by atomic mass is 35.5. The highest BCUT2D eigenvalue weighted by Crippen LogP contribution is 2.48. The van der Waals surface area contributed by atoms with Crippen molar-refractivity contribution < 1.29 is 9.13 Å². The summed E-state index contributed by atoms with van der Waals surface area (Å²) in [5, 5.41) is 1.01. The highest BCUT2D eigenvalue weighted by Gasteiger charge is 2.55. The molecule has 1 aromatic carbocycles. The number of rotatable bonds is 3. The normalized spacial score (nSPS) is 25.9. The van der Waals surface area contributed by atoms with E-state index in [2.05, 4.69) is 0 Å². The van der Waals surface area contributed by atoms with Gasteiger partial charge in [-0.05, 0) is 18.1 Å². The number of hydrogen-bond donors (Lipinski definition) is 0. The number of epoxide rings is 1. The van der Waals surface area contributed by atoms with E-state index in [4.69, 9.17) is 27.9 Å². The summed E-state index contributed by atoms with van der Waals surface area (Å²) in [6, 6.07) is 5.07. The molecule has 1 aliphatic heterocycles. The van der Waals surface area contributed by atoms with Crippen LogP contribution in [0, 0.1) is 5.92 Å². The SMILES string of the molecule is CC(C)C(F)C1(c2ccc(Cl)cc2Cl)CO1. The summed E-state index contributed by atoms with van der Waals surface area (Å²) in [7, 11) is 0. The molecular weight excluding hydrogens is 250 g/mol. The van der Waals surface area contributed by atoms with E-state index in [0.29, 0.717) is 22.2 Å². The Bertz CT molecular complexity index is 402.